The van der Waals surface area contributed by atoms with Gasteiger partial charge in [0.2, 0.25) is 0 Å². The van der Waals surface area contributed by atoms with Crippen molar-refractivity contribution in [3.05, 3.63) is 83.4 Å². The van der Waals surface area contributed by atoms with Gasteiger partial charge in [-0.3, -0.25) is 9.89 Å². The molecule has 5 rings (SSSR count). The molecule has 0 spiro atoms. The van der Waals surface area contributed by atoms with E-state index in [4.69, 9.17) is 0 Å². The van der Waals surface area contributed by atoms with E-state index in [0.29, 0.717) is 12.1 Å². The van der Waals surface area contributed by atoms with E-state index in [0.717, 1.165) is 42.5 Å². The first kappa shape index (κ1) is 17.7. The molecule has 2 aromatic carbocycles. The highest BCUT2D eigenvalue weighted by Crippen LogP contribution is 2.30. The molecule has 2 N–H and O–H groups in total. The Hall–Kier alpha value is -3.41. The molecule has 1 atom stereocenters. The third kappa shape index (κ3) is 3.53. The summed E-state index contributed by atoms with van der Waals surface area (Å²) in [6, 6.07) is 16.1. The molecule has 146 valence electrons. The standard InChI is InChI=1S/C23H23N5O/c29-23(17-8-9-20-21(12-17)25-15-24-20)28-10-4-7-18(14-28)22-19(13-26-27-22)11-16-5-2-1-3-6-16/h1-3,5-6,8-9,12-13,15,18H,4,7,10-11,14H2,(H,24,25)(H,26,27). The second kappa shape index (κ2) is 7.54. The quantitative estimate of drug-likeness (QED) is 0.559. The Morgan fingerprint density at radius 1 is 1.17 bits per heavy atom. The lowest BCUT2D eigenvalue weighted by molar-refractivity contribution is 0.0705. The van der Waals surface area contributed by atoms with E-state index in [1.807, 2.05) is 35.4 Å². The molecular formula is C23H23N5O. The van der Waals surface area contributed by atoms with Gasteiger partial charge in [0.1, 0.15) is 0 Å². The number of H-pyrrole nitrogens is 2. The molecule has 1 unspecified atom stereocenters. The maximum Gasteiger partial charge on any atom is 0.253 e. The predicted molar refractivity (Wildman–Crippen MR) is 112 cm³/mol. The Kier molecular flexibility index (Phi) is 4.60. The molecule has 6 nitrogen and oxygen atoms in total. The lowest BCUT2D eigenvalue weighted by atomic mass is 9.90. The Labute approximate surface area is 169 Å². The molecule has 1 aliphatic heterocycles. The fourth-order valence-electron chi connectivity index (χ4n) is 4.28. The first-order chi connectivity index (χ1) is 14.3. The van der Waals surface area contributed by atoms with Gasteiger partial charge in [-0.2, -0.15) is 5.10 Å². The van der Waals surface area contributed by atoms with Gasteiger partial charge in [-0.15, -0.1) is 0 Å². The first-order valence-electron chi connectivity index (χ1n) is 10.1. The zero-order valence-corrected chi connectivity index (χ0v) is 16.1. The number of likely N-dealkylation sites (tertiary alicyclic amines) is 1. The second-order valence-corrected chi connectivity index (χ2v) is 7.70. The van der Waals surface area contributed by atoms with E-state index in [1.165, 1.54) is 11.1 Å². The number of carbonyl (C=O) groups excluding carboxylic acids is 1. The molecule has 29 heavy (non-hydrogen) atoms. The molecule has 1 amide bonds. The molecule has 0 bridgehead atoms. The van der Waals surface area contributed by atoms with Gasteiger partial charge in [0.25, 0.3) is 5.91 Å². The average Bonchev–Trinajstić information content (AvgIpc) is 3.43. The van der Waals surface area contributed by atoms with E-state index >= 15 is 0 Å². The Bertz CT molecular complexity index is 1130. The first-order valence-corrected chi connectivity index (χ1v) is 10.1. The molecular weight excluding hydrogens is 362 g/mol. The SMILES string of the molecule is O=C(c1ccc2nc[nH]c2c1)N1CCCC(c2[nH]ncc2Cc2ccccc2)C1. The van der Waals surface area contributed by atoms with E-state index < -0.39 is 0 Å². The van der Waals surface area contributed by atoms with Crippen LogP contribution < -0.4 is 0 Å². The van der Waals surface area contributed by atoms with Crippen LogP contribution in [0.25, 0.3) is 11.0 Å². The van der Waals surface area contributed by atoms with Crippen molar-refractivity contribution in [3.63, 3.8) is 0 Å². The number of amides is 1. The number of aromatic nitrogens is 4. The maximum atomic E-state index is 13.1. The van der Waals surface area contributed by atoms with Gasteiger partial charge >= 0.3 is 0 Å². The van der Waals surface area contributed by atoms with Crippen LogP contribution in [0, 0.1) is 0 Å². The number of hydrogen-bond acceptors (Lipinski definition) is 3. The zero-order chi connectivity index (χ0) is 19.6. The largest absolute Gasteiger partial charge is 0.345 e. The van der Waals surface area contributed by atoms with Crippen LogP contribution in [0.5, 0.6) is 0 Å². The summed E-state index contributed by atoms with van der Waals surface area (Å²) in [5.41, 5.74) is 6.12. The van der Waals surface area contributed by atoms with Gasteiger partial charge in [-0.25, -0.2) is 4.98 Å². The van der Waals surface area contributed by atoms with Crippen molar-refractivity contribution >= 4 is 16.9 Å². The molecule has 3 heterocycles. The number of nitrogens with one attached hydrogen (secondary N) is 2. The number of imidazole rings is 1. The Morgan fingerprint density at radius 2 is 2.07 bits per heavy atom. The zero-order valence-electron chi connectivity index (χ0n) is 16.1. The van der Waals surface area contributed by atoms with Crippen LogP contribution in [0.15, 0.2) is 61.1 Å². The number of fused-ring (bicyclic) bond motifs is 1. The lowest BCUT2D eigenvalue weighted by Gasteiger charge is -2.33. The molecule has 1 saturated heterocycles. The number of carbonyl (C=O) groups is 1. The van der Waals surface area contributed by atoms with Crippen LogP contribution in [0.3, 0.4) is 0 Å². The summed E-state index contributed by atoms with van der Waals surface area (Å²) < 4.78 is 0. The van der Waals surface area contributed by atoms with E-state index in [2.05, 4.69) is 44.4 Å². The molecule has 0 radical (unpaired) electrons. The lowest BCUT2D eigenvalue weighted by Crippen LogP contribution is -2.39. The van der Waals surface area contributed by atoms with Gasteiger partial charge in [-0.1, -0.05) is 30.3 Å². The molecule has 0 aliphatic carbocycles. The van der Waals surface area contributed by atoms with Gasteiger partial charge in [0.15, 0.2) is 0 Å². The summed E-state index contributed by atoms with van der Waals surface area (Å²) in [5.74, 6) is 0.361. The topological polar surface area (TPSA) is 77.7 Å². The Morgan fingerprint density at radius 3 is 2.97 bits per heavy atom. The number of hydrogen-bond donors (Lipinski definition) is 2. The third-order valence-corrected chi connectivity index (χ3v) is 5.77. The van der Waals surface area contributed by atoms with Crippen LogP contribution in [0.2, 0.25) is 0 Å². The number of nitrogens with zero attached hydrogens (tertiary/aromatic N) is 3. The van der Waals surface area contributed by atoms with Crippen LogP contribution >= 0.6 is 0 Å². The van der Waals surface area contributed by atoms with Crippen LogP contribution in [0.1, 0.15) is 45.9 Å². The highest BCUT2D eigenvalue weighted by atomic mass is 16.2. The average molecular weight is 385 g/mol. The fourth-order valence-corrected chi connectivity index (χ4v) is 4.28. The minimum atomic E-state index is 0.0790. The summed E-state index contributed by atoms with van der Waals surface area (Å²) in [4.78, 5) is 22.4. The van der Waals surface area contributed by atoms with E-state index in [9.17, 15) is 4.79 Å². The molecule has 1 fully saturated rings. The fraction of sp³-hybridized carbons (Fsp3) is 0.261. The Balaban J connectivity index is 1.34. The van der Waals surface area contributed by atoms with Gasteiger partial charge < -0.3 is 9.88 Å². The summed E-state index contributed by atoms with van der Waals surface area (Å²) in [6.45, 7) is 1.50. The number of aromatic amines is 2. The number of benzene rings is 2. The highest BCUT2D eigenvalue weighted by Gasteiger charge is 2.28. The second-order valence-electron chi connectivity index (χ2n) is 7.70. The van der Waals surface area contributed by atoms with Crippen molar-refractivity contribution in [2.24, 2.45) is 0 Å². The molecule has 1 aliphatic rings. The summed E-state index contributed by atoms with van der Waals surface area (Å²) in [6.07, 6.45) is 6.49. The van der Waals surface area contributed by atoms with Crippen LogP contribution in [-0.2, 0) is 6.42 Å². The summed E-state index contributed by atoms with van der Waals surface area (Å²) in [5, 5.41) is 7.52. The van der Waals surface area contributed by atoms with E-state index in [-0.39, 0.29) is 11.8 Å². The monoisotopic (exact) mass is 385 g/mol. The van der Waals surface area contributed by atoms with Gasteiger partial charge in [0, 0.05) is 36.7 Å². The molecule has 6 heteroatoms. The summed E-state index contributed by atoms with van der Waals surface area (Å²) in [7, 11) is 0. The van der Waals surface area contributed by atoms with Crippen LogP contribution in [-0.4, -0.2) is 44.1 Å². The normalized spacial score (nSPS) is 17.0. The predicted octanol–water partition coefficient (Wildman–Crippen LogP) is 3.90. The van der Waals surface area contributed by atoms with Crippen molar-refractivity contribution in [2.75, 3.05) is 13.1 Å². The van der Waals surface area contributed by atoms with Gasteiger partial charge in [-0.05, 0) is 42.2 Å². The smallest absolute Gasteiger partial charge is 0.253 e. The number of piperidine rings is 1. The molecule has 2 aromatic heterocycles. The maximum absolute atomic E-state index is 13.1. The van der Waals surface area contributed by atoms with Crippen molar-refractivity contribution < 1.29 is 4.79 Å². The van der Waals surface area contributed by atoms with Crippen LogP contribution in [0.4, 0.5) is 0 Å². The number of rotatable bonds is 4. The third-order valence-electron chi connectivity index (χ3n) is 5.77. The van der Waals surface area contributed by atoms with Crippen molar-refractivity contribution in [3.8, 4) is 0 Å². The minimum Gasteiger partial charge on any atom is -0.345 e. The minimum absolute atomic E-state index is 0.0790. The summed E-state index contributed by atoms with van der Waals surface area (Å²) >= 11 is 0. The molecule has 0 saturated carbocycles. The van der Waals surface area contributed by atoms with E-state index in [1.54, 1.807) is 6.33 Å². The highest BCUT2D eigenvalue weighted by molar-refractivity contribution is 5.97. The van der Waals surface area contributed by atoms with Gasteiger partial charge in [0.05, 0.1) is 23.6 Å². The molecule has 4 aromatic rings. The van der Waals surface area contributed by atoms with Crippen molar-refractivity contribution in [1.29, 1.82) is 0 Å². The van der Waals surface area contributed by atoms with Crippen molar-refractivity contribution in [1.82, 2.24) is 25.1 Å². The van der Waals surface area contributed by atoms with Crippen molar-refractivity contribution in [2.45, 2.75) is 25.2 Å².